The second-order valence-electron chi connectivity index (χ2n) is 6.03. The zero-order chi connectivity index (χ0) is 17.1. The van der Waals surface area contributed by atoms with Crippen molar-refractivity contribution in [1.29, 1.82) is 0 Å². The fraction of sp³-hybridized carbons (Fsp3) is 0.444. The number of hydrogen-bond acceptors (Lipinski definition) is 5. The maximum absolute atomic E-state index is 13.0. The fourth-order valence-corrected chi connectivity index (χ4v) is 3.00. The molecule has 6 nitrogen and oxygen atoms in total. The number of carbonyl (C=O) groups is 1. The van der Waals surface area contributed by atoms with Crippen molar-refractivity contribution in [3.8, 4) is 17.0 Å². The number of rotatable bonds is 4. The Hall–Kier alpha value is -2.34. The van der Waals surface area contributed by atoms with Gasteiger partial charge in [0, 0.05) is 18.7 Å². The van der Waals surface area contributed by atoms with Gasteiger partial charge in [0.2, 0.25) is 0 Å². The van der Waals surface area contributed by atoms with E-state index in [9.17, 15) is 9.90 Å². The third-order valence-corrected chi connectivity index (χ3v) is 4.32. The minimum absolute atomic E-state index is 0.127. The van der Waals surface area contributed by atoms with Crippen molar-refractivity contribution >= 4 is 5.91 Å². The van der Waals surface area contributed by atoms with Gasteiger partial charge in [0.25, 0.3) is 5.91 Å². The van der Waals surface area contributed by atoms with E-state index < -0.39 is 6.10 Å². The summed E-state index contributed by atoms with van der Waals surface area (Å²) in [6, 6.07) is 7.27. The molecular weight excluding hydrogens is 308 g/mol. The van der Waals surface area contributed by atoms with Crippen LogP contribution in [0.4, 0.5) is 0 Å². The van der Waals surface area contributed by atoms with E-state index in [-0.39, 0.29) is 11.7 Å². The second kappa shape index (κ2) is 7.05. The van der Waals surface area contributed by atoms with Crippen LogP contribution in [0.1, 0.15) is 48.4 Å². The Morgan fingerprint density at radius 1 is 1.25 bits per heavy atom. The standard InChI is InChI=1S/C18H22N2O4/c1-12(21)17-15(18(22)20-10-4-3-5-11-20)16(19-24-17)13-6-8-14(23-2)9-7-13/h6-9,12,21H,3-5,10-11H2,1-2H3/t12-/m0/s1. The molecule has 24 heavy (non-hydrogen) atoms. The second-order valence-corrected chi connectivity index (χ2v) is 6.03. The molecule has 128 valence electrons. The molecule has 3 rings (SSSR count). The lowest BCUT2D eigenvalue weighted by molar-refractivity contribution is 0.0713. The Bertz CT molecular complexity index is 700. The van der Waals surface area contributed by atoms with Crippen LogP contribution in [0.5, 0.6) is 5.75 Å². The fourth-order valence-electron chi connectivity index (χ4n) is 3.00. The van der Waals surface area contributed by atoms with Crippen molar-refractivity contribution < 1.29 is 19.2 Å². The quantitative estimate of drug-likeness (QED) is 0.932. The molecule has 2 aromatic rings. The number of piperidine rings is 1. The molecule has 1 fully saturated rings. The smallest absolute Gasteiger partial charge is 0.259 e. The molecule has 1 aromatic carbocycles. The van der Waals surface area contributed by atoms with Crippen LogP contribution in [0.25, 0.3) is 11.3 Å². The molecule has 1 amide bonds. The third kappa shape index (κ3) is 3.14. The van der Waals surface area contributed by atoms with E-state index in [2.05, 4.69) is 5.16 Å². The third-order valence-electron chi connectivity index (χ3n) is 4.32. The topological polar surface area (TPSA) is 75.8 Å². The number of amides is 1. The summed E-state index contributed by atoms with van der Waals surface area (Å²) in [5.74, 6) is 0.816. The average Bonchev–Trinajstić information content (AvgIpc) is 3.07. The number of benzene rings is 1. The summed E-state index contributed by atoms with van der Waals surface area (Å²) in [6.07, 6.45) is 2.24. The maximum Gasteiger partial charge on any atom is 0.259 e. The molecule has 0 radical (unpaired) electrons. The van der Waals surface area contributed by atoms with Crippen LogP contribution < -0.4 is 4.74 Å². The minimum Gasteiger partial charge on any atom is -0.497 e. The zero-order valence-electron chi connectivity index (χ0n) is 14.0. The normalized spacial score (nSPS) is 16.0. The lowest BCUT2D eigenvalue weighted by atomic mass is 10.0. The van der Waals surface area contributed by atoms with E-state index in [0.717, 1.165) is 43.7 Å². The number of methoxy groups -OCH3 is 1. The molecule has 1 N–H and O–H groups in total. The SMILES string of the molecule is COc1ccc(-c2noc([C@H](C)O)c2C(=O)N2CCCCC2)cc1. The predicted octanol–water partition coefficient (Wildman–Crippen LogP) is 3.03. The molecule has 1 aliphatic heterocycles. The first kappa shape index (κ1) is 16.5. The van der Waals surface area contributed by atoms with Gasteiger partial charge in [-0.25, -0.2) is 0 Å². The highest BCUT2D eigenvalue weighted by Gasteiger charge is 2.30. The van der Waals surface area contributed by atoms with E-state index in [1.54, 1.807) is 26.2 Å². The molecule has 0 unspecified atom stereocenters. The van der Waals surface area contributed by atoms with Crippen molar-refractivity contribution in [3.63, 3.8) is 0 Å². The summed E-state index contributed by atoms with van der Waals surface area (Å²) in [4.78, 5) is 14.8. The average molecular weight is 330 g/mol. The first-order valence-corrected chi connectivity index (χ1v) is 8.23. The molecule has 0 bridgehead atoms. The van der Waals surface area contributed by atoms with E-state index in [1.807, 2.05) is 17.0 Å². The van der Waals surface area contributed by atoms with Crippen molar-refractivity contribution in [2.45, 2.75) is 32.3 Å². The van der Waals surface area contributed by atoms with Crippen LogP contribution in [-0.2, 0) is 0 Å². The van der Waals surface area contributed by atoms with Gasteiger partial charge in [-0.1, -0.05) is 5.16 Å². The highest BCUT2D eigenvalue weighted by atomic mass is 16.5. The van der Waals surface area contributed by atoms with Gasteiger partial charge in [-0.05, 0) is 50.5 Å². The largest absolute Gasteiger partial charge is 0.497 e. The Morgan fingerprint density at radius 2 is 1.92 bits per heavy atom. The predicted molar refractivity (Wildman–Crippen MR) is 88.9 cm³/mol. The lowest BCUT2D eigenvalue weighted by Crippen LogP contribution is -2.36. The van der Waals surface area contributed by atoms with Crippen molar-refractivity contribution in [1.82, 2.24) is 10.1 Å². The van der Waals surface area contributed by atoms with Crippen molar-refractivity contribution in [3.05, 3.63) is 35.6 Å². The molecule has 1 saturated heterocycles. The van der Waals surface area contributed by atoms with Gasteiger partial charge in [-0.2, -0.15) is 0 Å². The number of aliphatic hydroxyl groups is 1. The molecule has 1 atom stereocenters. The van der Waals surface area contributed by atoms with E-state index in [0.29, 0.717) is 11.3 Å². The number of aromatic nitrogens is 1. The number of likely N-dealkylation sites (tertiary alicyclic amines) is 1. The van der Waals surface area contributed by atoms with Gasteiger partial charge in [0.15, 0.2) is 5.76 Å². The van der Waals surface area contributed by atoms with E-state index in [4.69, 9.17) is 9.26 Å². The summed E-state index contributed by atoms with van der Waals surface area (Å²) in [6.45, 7) is 3.03. The van der Waals surface area contributed by atoms with E-state index >= 15 is 0 Å². The number of carbonyl (C=O) groups excluding carboxylic acids is 1. The van der Waals surface area contributed by atoms with Crippen LogP contribution in [0.3, 0.4) is 0 Å². The molecular formula is C18H22N2O4. The summed E-state index contributed by atoms with van der Waals surface area (Å²) >= 11 is 0. The molecule has 0 aliphatic carbocycles. The van der Waals surface area contributed by atoms with Gasteiger partial charge >= 0.3 is 0 Å². The first-order chi connectivity index (χ1) is 11.6. The monoisotopic (exact) mass is 330 g/mol. The lowest BCUT2D eigenvalue weighted by Gasteiger charge is -2.26. The number of hydrogen-bond donors (Lipinski definition) is 1. The highest BCUT2D eigenvalue weighted by Crippen LogP contribution is 2.31. The number of ether oxygens (including phenoxy) is 1. The van der Waals surface area contributed by atoms with Gasteiger partial charge < -0.3 is 19.3 Å². The Balaban J connectivity index is 2.01. The summed E-state index contributed by atoms with van der Waals surface area (Å²) < 4.78 is 10.5. The van der Waals surface area contributed by atoms with E-state index in [1.165, 1.54) is 0 Å². The summed E-state index contributed by atoms with van der Waals surface area (Å²) in [5.41, 5.74) is 1.58. The highest BCUT2D eigenvalue weighted by molar-refractivity contribution is 6.01. The Labute approximate surface area is 141 Å². The van der Waals surface area contributed by atoms with Crippen LogP contribution in [0, 0.1) is 0 Å². The van der Waals surface area contributed by atoms with Crippen molar-refractivity contribution in [2.75, 3.05) is 20.2 Å². The number of nitrogens with zero attached hydrogens (tertiary/aromatic N) is 2. The number of aliphatic hydroxyl groups excluding tert-OH is 1. The molecule has 1 aliphatic rings. The summed E-state index contributed by atoms with van der Waals surface area (Å²) in [7, 11) is 1.60. The van der Waals surface area contributed by atoms with Gasteiger partial charge in [-0.3, -0.25) is 4.79 Å². The molecule has 0 spiro atoms. The van der Waals surface area contributed by atoms with Gasteiger partial charge in [-0.15, -0.1) is 0 Å². The molecule has 1 aromatic heterocycles. The minimum atomic E-state index is -0.895. The maximum atomic E-state index is 13.0. The van der Waals surface area contributed by atoms with Crippen LogP contribution in [-0.4, -0.2) is 41.3 Å². The van der Waals surface area contributed by atoms with Crippen molar-refractivity contribution in [2.24, 2.45) is 0 Å². The Morgan fingerprint density at radius 3 is 2.50 bits per heavy atom. The molecule has 0 saturated carbocycles. The Kier molecular flexibility index (Phi) is 4.85. The van der Waals surface area contributed by atoms with Gasteiger partial charge in [0.1, 0.15) is 23.1 Å². The van der Waals surface area contributed by atoms with Crippen LogP contribution >= 0.6 is 0 Å². The van der Waals surface area contributed by atoms with Gasteiger partial charge in [0.05, 0.1) is 7.11 Å². The zero-order valence-corrected chi connectivity index (χ0v) is 14.0. The van der Waals surface area contributed by atoms with Crippen LogP contribution in [0.2, 0.25) is 0 Å². The molecule has 6 heteroatoms. The van der Waals surface area contributed by atoms with Crippen LogP contribution in [0.15, 0.2) is 28.8 Å². The molecule has 2 heterocycles. The first-order valence-electron chi connectivity index (χ1n) is 8.23. The summed E-state index contributed by atoms with van der Waals surface area (Å²) in [5, 5.41) is 14.0.